The molecule has 0 aromatic heterocycles. The van der Waals surface area contributed by atoms with Crippen LogP contribution >= 0.6 is 0 Å². The summed E-state index contributed by atoms with van der Waals surface area (Å²) < 4.78 is 0. The highest BCUT2D eigenvalue weighted by Crippen LogP contribution is 2.36. The smallest absolute Gasteiger partial charge is 0.336 e. The molecule has 1 atom stereocenters. The van der Waals surface area contributed by atoms with E-state index in [1.165, 1.54) is 18.2 Å². The normalized spacial score (nSPS) is 14.4. The van der Waals surface area contributed by atoms with Crippen LogP contribution in [-0.2, 0) is 17.8 Å². The van der Waals surface area contributed by atoms with E-state index in [1.54, 1.807) is 12.1 Å². The lowest BCUT2D eigenvalue weighted by atomic mass is 9.86. The molecular weight excluding hydrogens is 504 g/mol. The van der Waals surface area contributed by atoms with E-state index in [2.05, 4.69) is 5.16 Å². The first-order valence-electron chi connectivity index (χ1n) is 12.1. The van der Waals surface area contributed by atoms with Crippen molar-refractivity contribution in [2.45, 2.75) is 31.8 Å². The summed E-state index contributed by atoms with van der Waals surface area (Å²) in [5, 5.41) is 32.8. The van der Waals surface area contributed by atoms with Gasteiger partial charge in [0.1, 0.15) is 7.11 Å². The summed E-state index contributed by atoms with van der Waals surface area (Å²) in [6, 6.07) is 16.1. The zero-order valence-corrected chi connectivity index (χ0v) is 21.0. The second-order valence-corrected chi connectivity index (χ2v) is 9.06. The molecule has 0 radical (unpaired) electrons. The monoisotopic (exact) mass is 530 g/mol. The van der Waals surface area contributed by atoms with E-state index >= 15 is 0 Å². The summed E-state index contributed by atoms with van der Waals surface area (Å²) in [6.07, 6.45) is 3.73. The van der Waals surface area contributed by atoms with Gasteiger partial charge in [-0.05, 0) is 59.7 Å². The number of carboxylic acid groups (broad SMARTS) is 3. The molecule has 10 nitrogen and oxygen atoms in total. The highest BCUT2D eigenvalue weighted by Gasteiger charge is 2.33. The Hall–Kier alpha value is -4.99. The molecule has 0 aliphatic heterocycles. The van der Waals surface area contributed by atoms with Crippen LogP contribution in [0.4, 0.5) is 0 Å². The van der Waals surface area contributed by atoms with Crippen LogP contribution in [0.25, 0.3) is 0 Å². The molecular formula is C29H26N2O8. The van der Waals surface area contributed by atoms with Crippen LogP contribution in [0.1, 0.15) is 82.6 Å². The molecule has 1 aliphatic carbocycles. The molecule has 1 aliphatic rings. The highest BCUT2D eigenvalue weighted by atomic mass is 16.6. The van der Waals surface area contributed by atoms with Gasteiger partial charge in [0.15, 0.2) is 0 Å². The van der Waals surface area contributed by atoms with Crippen molar-refractivity contribution >= 4 is 30.0 Å². The van der Waals surface area contributed by atoms with Gasteiger partial charge < -0.3 is 25.1 Å². The zero-order chi connectivity index (χ0) is 28.1. The first-order chi connectivity index (χ1) is 18.7. The Morgan fingerprint density at radius 2 is 1.54 bits per heavy atom. The minimum absolute atomic E-state index is 0.0780. The third-order valence-corrected chi connectivity index (χ3v) is 6.67. The summed E-state index contributed by atoms with van der Waals surface area (Å²) in [4.78, 5) is 56.1. The van der Waals surface area contributed by atoms with Crippen molar-refractivity contribution in [1.82, 2.24) is 4.90 Å². The van der Waals surface area contributed by atoms with Crippen molar-refractivity contribution in [2.24, 2.45) is 5.16 Å². The lowest BCUT2D eigenvalue weighted by Gasteiger charge is -2.36. The molecule has 200 valence electrons. The molecule has 3 aromatic carbocycles. The van der Waals surface area contributed by atoms with Gasteiger partial charge in [0.25, 0.3) is 5.91 Å². The second kappa shape index (κ2) is 11.6. The number of carboxylic acids is 3. The van der Waals surface area contributed by atoms with Gasteiger partial charge in [-0.15, -0.1) is 0 Å². The average Bonchev–Trinajstić information content (AvgIpc) is 2.93. The quantitative estimate of drug-likeness (QED) is 0.270. The Morgan fingerprint density at radius 1 is 0.897 bits per heavy atom. The minimum atomic E-state index is -1.61. The summed E-state index contributed by atoms with van der Waals surface area (Å²) in [5.41, 5.74) is 1.07. The van der Waals surface area contributed by atoms with Gasteiger partial charge in [-0.2, -0.15) is 0 Å². The van der Waals surface area contributed by atoms with Crippen molar-refractivity contribution in [3.8, 4) is 0 Å². The molecule has 3 N–H and O–H groups in total. The predicted octanol–water partition coefficient (Wildman–Crippen LogP) is 4.48. The number of aryl methyl sites for hydroxylation is 1. The Bertz CT molecular complexity index is 1480. The first kappa shape index (κ1) is 27.1. The first-order valence-corrected chi connectivity index (χ1v) is 12.1. The van der Waals surface area contributed by atoms with Crippen LogP contribution in [0.15, 0.2) is 65.8 Å². The fourth-order valence-corrected chi connectivity index (χ4v) is 4.92. The zero-order valence-electron chi connectivity index (χ0n) is 21.0. The molecule has 0 spiro atoms. The summed E-state index contributed by atoms with van der Waals surface area (Å²) >= 11 is 0. The summed E-state index contributed by atoms with van der Waals surface area (Å²) in [6.45, 7) is 0.0780. The SMILES string of the molecule is CO/N=C/c1cccc(CN(C(=O)c2cc(C(=O)O)c(C(=O)O)cc2C(=O)O)[C@H]2CCCc3ccccc32)c1. The van der Waals surface area contributed by atoms with Crippen molar-refractivity contribution < 1.29 is 39.3 Å². The lowest BCUT2D eigenvalue weighted by Crippen LogP contribution is -2.37. The maximum absolute atomic E-state index is 14.2. The Kier molecular flexibility index (Phi) is 8.04. The van der Waals surface area contributed by atoms with Crippen LogP contribution < -0.4 is 0 Å². The van der Waals surface area contributed by atoms with Gasteiger partial charge in [-0.25, -0.2) is 14.4 Å². The number of carbonyl (C=O) groups is 4. The van der Waals surface area contributed by atoms with Crippen LogP contribution in [0.5, 0.6) is 0 Å². The fourth-order valence-electron chi connectivity index (χ4n) is 4.92. The number of carbonyl (C=O) groups excluding carboxylic acids is 1. The Balaban J connectivity index is 1.87. The molecule has 10 heteroatoms. The van der Waals surface area contributed by atoms with Gasteiger partial charge >= 0.3 is 17.9 Å². The number of fused-ring (bicyclic) bond motifs is 1. The van der Waals surface area contributed by atoms with E-state index in [0.717, 1.165) is 47.2 Å². The molecule has 4 rings (SSSR count). The van der Waals surface area contributed by atoms with Crippen LogP contribution in [0.3, 0.4) is 0 Å². The number of benzene rings is 3. The molecule has 0 bridgehead atoms. The van der Waals surface area contributed by atoms with E-state index in [0.29, 0.717) is 6.42 Å². The van der Waals surface area contributed by atoms with Crippen molar-refractivity contribution in [3.05, 3.63) is 105 Å². The number of hydrogen-bond donors (Lipinski definition) is 3. The number of nitrogens with zero attached hydrogens (tertiary/aromatic N) is 2. The third kappa shape index (κ3) is 5.80. The van der Waals surface area contributed by atoms with Gasteiger partial charge in [-0.1, -0.05) is 47.6 Å². The molecule has 39 heavy (non-hydrogen) atoms. The van der Waals surface area contributed by atoms with Crippen LogP contribution in [-0.4, -0.2) is 57.4 Å². The highest BCUT2D eigenvalue weighted by molar-refractivity contribution is 6.10. The topological polar surface area (TPSA) is 154 Å². The lowest BCUT2D eigenvalue weighted by molar-refractivity contribution is 0.0611. The van der Waals surface area contributed by atoms with Gasteiger partial charge in [0.2, 0.25) is 0 Å². The average molecular weight is 531 g/mol. The molecule has 1 amide bonds. The Morgan fingerprint density at radius 3 is 2.21 bits per heavy atom. The number of amides is 1. The summed E-state index contributed by atoms with van der Waals surface area (Å²) in [7, 11) is 1.42. The second-order valence-electron chi connectivity index (χ2n) is 9.06. The largest absolute Gasteiger partial charge is 0.478 e. The molecule has 0 unspecified atom stereocenters. The van der Waals surface area contributed by atoms with Gasteiger partial charge in [0.05, 0.1) is 34.5 Å². The van der Waals surface area contributed by atoms with Crippen LogP contribution in [0.2, 0.25) is 0 Å². The number of rotatable bonds is 9. The van der Waals surface area contributed by atoms with E-state index in [9.17, 15) is 34.5 Å². The van der Waals surface area contributed by atoms with Crippen molar-refractivity contribution in [1.29, 1.82) is 0 Å². The maximum atomic E-state index is 14.2. The number of oxime groups is 1. The fraction of sp³-hybridized carbons (Fsp3) is 0.207. The van der Waals surface area contributed by atoms with Gasteiger partial charge in [0, 0.05) is 6.54 Å². The minimum Gasteiger partial charge on any atom is -0.478 e. The number of hydrogen-bond acceptors (Lipinski definition) is 6. The van der Waals surface area contributed by atoms with Crippen molar-refractivity contribution in [3.63, 3.8) is 0 Å². The maximum Gasteiger partial charge on any atom is 0.336 e. The van der Waals surface area contributed by atoms with E-state index < -0.39 is 52.1 Å². The molecule has 0 fully saturated rings. The molecule has 3 aromatic rings. The predicted molar refractivity (Wildman–Crippen MR) is 140 cm³/mol. The Labute approximate surface area is 223 Å². The van der Waals surface area contributed by atoms with Gasteiger partial charge in [-0.3, -0.25) is 4.79 Å². The molecule has 0 heterocycles. The summed E-state index contributed by atoms with van der Waals surface area (Å²) in [5.74, 6) is -5.45. The van der Waals surface area contributed by atoms with E-state index in [1.807, 2.05) is 36.4 Å². The van der Waals surface area contributed by atoms with Crippen LogP contribution in [0, 0.1) is 0 Å². The van der Waals surface area contributed by atoms with E-state index in [4.69, 9.17) is 4.84 Å². The number of aromatic carboxylic acids is 3. The van der Waals surface area contributed by atoms with E-state index in [-0.39, 0.29) is 6.54 Å². The molecule has 0 saturated carbocycles. The molecule has 0 saturated heterocycles. The van der Waals surface area contributed by atoms with Crippen molar-refractivity contribution in [2.75, 3.05) is 7.11 Å². The third-order valence-electron chi connectivity index (χ3n) is 6.67. The standard InChI is InChI=1S/C29H26N2O8/c1-39-30-15-17-6-4-7-18(12-17)16-31(25-11-5-9-19-8-2-3-10-20(19)25)26(32)21-13-23(28(35)36)24(29(37)38)14-22(21)27(33)34/h2-4,6-8,10,12-15,25H,5,9,11,16H2,1H3,(H,33,34)(H,35,36)(H,37,38)/b30-15+/t25-/m0/s1.